The van der Waals surface area contributed by atoms with Gasteiger partial charge in [0.05, 0.1) is 6.61 Å². The van der Waals surface area contributed by atoms with E-state index in [1.165, 1.54) is 4.88 Å². The van der Waals surface area contributed by atoms with E-state index in [0.717, 1.165) is 0 Å². The first-order chi connectivity index (χ1) is 10.0. The van der Waals surface area contributed by atoms with Crippen LogP contribution in [0.2, 0.25) is 0 Å². The zero-order valence-corrected chi connectivity index (χ0v) is 13.4. The van der Waals surface area contributed by atoms with Crippen molar-refractivity contribution < 1.29 is 9.53 Å². The summed E-state index contributed by atoms with van der Waals surface area (Å²) in [4.78, 5) is 17.5. The van der Waals surface area contributed by atoms with Crippen LogP contribution >= 0.6 is 11.3 Å². The van der Waals surface area contributed by atoms with Gasteiger partial charge < -0.3 is 10.1 Å². The molecule has 2 rings (SSSR count). The molecule has 0 bridgehead atoms. The third-order valence-corrected chi connectivity index (χ3v) is 4.42. The van der Waals surface area contributed by atoms with Gasteiger partial charge in [-0.1, -0.05) is 19.9 Å². The molecule has 2 heterocycles. The summed E-state index contributed by atoms with van der Waals surface area (Å²) in [5, 5.41) is 5.35. The lowest BCUT2D eigenvalue weighted by molar-refractivity contribution is 0.0527. The molecule has 0 aliphatic carbocycles. The van der Waals surface area contributed by atoms with Gasteiger partial charge in [-0.3, -0.25) is 0 Å². The summed E-state index contributed by atoms with van der Waals surface area (Å²) in [7, 11) is 0. The molecule has 4 nitrogen and oxygen atoms in total. The van der Waals surface area contributed by atoms with E-state index in [0.29, 0.717) is 24.5 Å². The number of hydrogen-bond acceptors (Lipinski definition) is 5. The second-order valence-electron chi connectivity index (χ2n) is 5.33. The lowest BCUT2D eigenvalue weighted by Crippen LogP contribution is -2.27. The third kappa shape index (κ3) is 3.82. The Morgan fingerprint density at radius 1 is 1.38 bits per heavy atom. The largest absolute Gasteiger partial charge is 0.462 e. The maximum absolute atomic E-state index is 11.9. The van der Waals surface area contributed by atoms with E-state index in [2.05, 4.69) is 35.6 Å². The monoisotopic (exact) mass is 304 g/mol. The van der Waals surface area contributed by atoms with E-state index in [1.807, 2.05) is 6.07 Å². The average molecular weight is 304 g/mol. The molecule has 1 N–H and O–H groups in total. The van der Waals surface area contributed by atoms with Gasteiger partial charge in [0.2, 0.25) is 0 Å². The fourth-order valence-corrected chi connectivity index (χ4v) is 2.83. The highest BCUT2D eigenvalue weighted by molar-refractivity contribution is 7.10. The molecular formula is C16H20N2O2S. The average Bonchev–Trinajstić information content (AvgIpc) is 3.01. The summed E-state index contributed by atoms with van der Waals surface area (Å²) >= 11 is 1.73. The van der Waals surface area contributed by atoms with Crippen LogP contribution in [-0.2, 0) is 10.2 Å². The molecule has 0 aliphatic rings. The molecule has 5 heteroatoms. The second-order valence-corrected chi connectivity index (χ2v) is 6.28. The summed E-state index contributed by atoms with van der Waals surface area (Å²) in [6.07, 6.45) is 1.67. The first kappa shape index (κ1) is 15.5. The van der Waals surface area contributed by atoms with Crippen molar-refractivity contribution >= 4 is 23.1 Å². The number of esters is 1. The molecule has 112 valence electrons. The van der Waals surface area contributed by atoms with Crippen LogP contribution in [0.5, 0.6) is 0 Å². The molecule has 0 saturated carbocycles. The molecule has 0 spiro atoms. The predicted octanol–water partition coefficient (Wildman–Crippen LogP) is 3.71. The Balaban J connectivity index is 2.12. The van der Waals surface area contributed by atoms with Gasteiger partial charge in [0.25, 0.3) is 0 Å². The van der Waals surface area contributed by atoms with Crippen molar-refractivity contribution in [2.45, 2.75) is 26.2 Å². The molecule has 0 aliphatic heterocycles. The smallest absolute Gasteiger partial charge is 0.341 e. The first-order valence-electron chi connectivity index (χ1n) is 6.94. The molecule has 2 aromatic rings. The minimum Gasteiger partial charge on any atom is -0.462 e. The van der Waals surface area contributed by atoms with Gasteiger partial charge >= 0.3 is 5.97 Å². The van der Waals surface area contributed by atoms with Crippen LogP contribution in [-0.4, -0.2) is 24.1 Å². The van der Waals surface area contributed by atoms with Gasteiger partial charge in [0, 0.05) is 23.0 Å². The molecule has 0 amide bonds. The number of rotatable bonds is 6. The first-order valence-corrected chi connectivity index (χ1v) is 7.82. The van der Waals surface area contributed by atoms with Gasteiger partial charge in [0.15, 0.2) is 0 Å². The number of hydrogen-bond donors (Lipinski definition) is 1. The van der Waals surface area contributed by atoms with Crippen molar-refractivity contribution in [1.82, 2.24) is 4.98 Å². The lowest BCUT2D eigenvalue weighted by atomic mass is 9.91. The maximum Gasteiger partial charge on any atom is 0.341 e. The highest BCUT2D eigenvalue weighted by atomic mass is 32.1. The summed E-state index contributed by atoms with van der Waals surface area (Å²) in [5.41, 5.74) is 0.443. The Kier molecular flexibility index (Phi) is 4.96. The van der Waals surface area contributed by atoms with Gasteiger partial charge in [-0.25, -0.2) is 9.78 Å². The summed E-state index contributed by atoms with van der Waals surface area (Å²) < 4.78 is 5.06. The normalized spacial score (nSPS) is 11.2. The highest BCUT2D eigenvalue weighted by Crippen LogP contribution is 2.28. The van der Waals surface area contributed by atoms with Crippen LogP contribution in [0.4, 0.5) is 5.82 Å². The highest BCUT2D eigenvalue weighted by Gasteiger charge is 2.23. The van der Waals surface area contributed by atoms with Crippen molar-refractivity contribution in [3.8, 4) is 0 Å². The van der Waals surface area contributed by atoms with E-state index in [4.69, 9.17) is 4.74 Å². The number of thiophene rings is 1. The van der Waals surface area contributed by atoms with Crippen molar-refractivity contribution in [2.24, 2.45) is 0 Å². The minimum atomic E-state index is -0.345. The van der Waals surface area contributed by atoms with Gasteiger partial charge in [-0.15, -0.1) is 11.3 Å². The standard InChI is InChI=1S/C16H20N2O2S/c1-4-20-15(19)12-7-5-9-17-14(12)18-11-16(2,3)13-8-6-10-21-13/h5-10H,4,11H2,1-3H3,(H,17,18). The Morgan fingerprint density at radius 2 is 2.19 bits per heavy atom. The Labute approximate surface area is 129 Å². The molecule has 2 aromatic heterocycles. The number of pyridine rings is 1. The summed E-state index contributed by atoms with van der Waals surface area (Å²) in [5.74, 6) is 0.225. The molecular weight excluding hydrogens is 284 g/mol. The van der Waals surface area contributed by atoms with Gasteiger partial charge in [0.1, 0.15) is 11.4 Å². The van der Waals surface area contributed by atoms with Crippen molar-refractivity contribution in [1.29, 1.82) is 0 Å². The summed E-state index contributed by atoms with van der Waals surface area (Å²) in [6.45, 7) is 7.17. The number of ether oxygens (including phenoxy) is 1. The second kappa shape index (κ2) is 6.72. The number of anilines is 1. The van der Waals surface area contributed by atoms with Crippen LogP contribution < -0.4 is 5.32 Å². The number of nitrogens with one attached hydrogen (secondary N) is 1. The fourth-order valence-electron chi connectivity index (χ4n) is 1.98. The van der Waals surface area contributed by atoms with Crippen LogP contribution in [0.15, 0.2) is 35.8 Å². The zero-order valence-electron chi connectivity index (χ0n) is 12.6. The molecule has 0 radical (unpaired) electrons. The van der Waals surface area contributed by atoms with E-state index in [9.17, 15) is 4.79 Å². The fraction of sp³-hybridized carbons (Fsp3) is 0.375. The van der Waals surface area contributed by atoms with Crippen LogP contribution in [0.3, 0.4) is 0 Å². The molecule has 0 aromatic carbocycles. The van der Waals surface area contributed by atoms with Crippen LogP contribution in [0, 0.1) is 0 Å². The summed E-state index contributed by atoms with van der Waals surface area (Å²) in [6, 6.07) is 7.64. The molecule has 21 heavy (non-hydrogen) atoms. The molecule has 0 fully saturated rings. The minimum absolute atomic E-state index is 0.0301. The quantitative estimate of drug-likeness (QED) is 0.827. The zero-order chi connectivity index (χ0) is 15.3. The molecule has 0 saturated heterocycles. The molecule has 0 unspecified atom stereocenters. The van der Waals surface area contributed by atoms with Crippen molar-refractivity contribution in [3.05, 3.63) is 46.3 Å². The predicted molar refractivity (Wildman–Crippen MR) is 86.0 cm³/mol. The van der Waals surface area contributed by atoms with E-state index in [-0.39, 0.29) is 11.4 Å². The Bertz CT molecular complexity index is 594. The van der Waals surface area contributed by atoms with Gasteiger partial charge in [-0.2, -0.15) is 0 Å². The number of carbonyl (C=O) groups is 1. The van der Waals surface area contributed by atoms with E-state index >= 15 is 0 Å². The van der Waals surface area contributed by atoms with Crippen molar-refractivity contribution in [2.75, 3.05) is 18.5 Å². The topological polar surface area (TPSA) is 51.2 Å². The Hall–Kier alpha value is -1.88. The van der Waals surface area contributed by atoms with E-state index in [1.54, 1.807) is 36.6 Å². The lowest BCUT2D eigenvalue weighted by Gasteiger charge is -2.24. The Morgan fingerprint density at radius 3 is 2.86 bits per heavy atom. The maximum atomic E-state index is 11.9. The van der Waals surface area contributed by atoms with Crippen LogP contribution in [0.25, 0.3) is 0 Å². The van der Waals surface area contributed by atoms with E-state index < -0.39 is 0 Å². The number of aromatic nitrogens is 1. The molecule has 0 atom stereocenters. The third-order valence-electron chi connectivity index (χ3n) is 3.19. The SMILES string of the molecule is CCOC(=O)c1cccnc1NCC(C)(C)c1cccs1. The van der Waals surface area contributed by atoms with Crippen LogP contribution in [0.1, 0.15) is 36.0 Å². The van der Waals surface area contributed by atoms with Gasteiger partial charge in [-0.05, 0) is 30.5 Å². The van der Waals surface area contributed by atoms with Crippen molar-refractivity contribution in [3.63, 3.8) is 0 Å². The number of carbonyl (C=O) groups excluding carboxylic acids is 1. The number of nitrogens with zero attached hydrogens (tertiary/aromatic N) is 1.